The molecule has 1 aliphatic rings. The third kappa shape index (κ3) is 2.24. The van der Waals surface area contributed by atoms with Crippen molar-refractivity contribution in [3.63, 3.8) is 0 Å². The number of piperidine rings is 1. The summed E-state index contributed by atoms with van der Waals surface area (Å²) < 4.78 is 9.95. The fraction of sp³-hybridized carbons (Fsp3) is 0.636. The number of hydrogen-bond donors (Lipinski definition) is 0. The van der Waals surface area contributed by atoms with Crippen molar-refractivity contribution in [2.24, 2.45) is 0 Å². The number of aromatic nitrogens is 1. The third-order valence-electron chi connectivity index (χ3n) is 2.79. The Balaban J connectivity index is 2.09. The number of nitrogens with zero attached hydrogens (tertiary/aromatic N) is 2. The summed E-state index contributed by atoms with van der Waals surface area (Å²) in [5, 5.41) is 3.65. The molecule has 0 aliphatic carbocycles. The summed E-state index contributed by atoms with van der Waals surface area (Å²) >= 11 is 0. The van der Waals surface area contributed by atoms with E-state index in [4.69, 9.17) is 9.26 Å². The van der Waals surface area contributed by atoms with Gasteiger partial charge in [0.05, 0.1) is 6.20 Å². The van der Waals surface area contributed by atoms with Gasteiger partial charge in [0.1, 0.15) is 12.2 Å². The average Bonchev–Trinajstić information content (AvgIpc) is 2.78. The Morgan fingerprint density at radius 3 is 2.94 bits per heavy atom. The van der Waals surface area contributed by atoms with Crippen molar-refractivity contribution in [2.45, 2.75) is 25.9 Å². The van der Waals surface area contributed by atoms with E-state index in [0.717, 1.165) is 25.9 Å². The molecule has 1 fully saturated rings. The van der Waals surface area contributed by atoms with E-state index in [1.54, 1.807) is 7.11 Å². The van der Waals surface area contributed by atoms with Gasteiger partial charge >= 0.3 is 0 Å². The van der Waals surface area contributed by atoms with Gasteiger partial charge in [-0.3, -0.25) is 4.79 Å². The van der Waals surface area contributed by atoms with Crippen LogP contribution in [0.4, 0.5) is 0 Å². The molecule has 0 radical (unpaired) electrons. The minimum atomic E-state index is 0.00741. The van der Waals surface area contributed by atoms with Gasteiger partial charge in [-0.1, -0.05) is 5.16 Å². The molecular formula is C11H16N2O3. The molecule has 16 heavy (non-hydrogen) atoms. The van der Waals surface area contributed by atoms with E-state index in [1.165, 1.54) is 12.6 Å². The predicted octanol–water partition coefficient (Wildman–Crippen LogP) is 1.45. The molecule has 2 heterocycles. The van der Waals surface area contributed by atoms with Gasteiger partial charge in [0, 0.05) is 20.2 Å². The van der Waals surface area contributed by atoms with Crippen LogP contribution in [0.5, 0.6) is 0 Å². The van der Waals surface area contributed by atoms with E-state index in [9.17, 15) is 4.79 Å². The van der Waals surface area contributed by atoms with Crippen LogP contribution in [0.2, 0.25) is 0 Å². The molecule has 1 aromatic heterocycles. The van der Waals surface area contributed by atoms with Crippen LogP contribution >= 0.6 is 0 Å². The van der Waals surface area contributed by atoms with Crippen LogP contribution in [0.3, 0.4) is 0 Å². The summed E-state index contributed by atoms with van der Waals surface area (Å²) in [6.07, 6.45) is 4.84. The number of carbonyl (C=O) groups excluding carboxylic acids is 1. The fourth-order valence-electron chi connectivity index (χ4n) is 1.94. The Bertz CT molecular complexity index is 356. The van der Waals surface area contributed by atoms with Crippen molar-refractivity contribution in [1.29, 1.82) is 0 Å². The van der Waals surface area contributed by atoms with Crippen LogP contribution in [0.1, 0.15) is 35.4 Å². The summed E-state index contributed by atoms with van der Waals surface area (Å²) in [6.45, 7) is 1.95. The van der Waals surface area contributed by atoms with Gasteiger partial charge in [-0.15, -0.1) is 0 Å². The minimum absolute atomic E-state index is 0.00741. The first-order valence-electron chi connectivity index (χ1n) is 5.54. The fourth-order valence-corrected chi connectivity index (χ4v) is 1.94. The van der Waals surface area contributed by atoms with Gasteiger partial charge in [0.25, 0.3) is 5.91 Å². The lowest BCUT2D eigenvalue weighted by Crippen LogP contribution is -2.35. The second kappa shape index (κ2) is 5.12. The Labute approximate surface area is 94.3 Å². The van der Waals surface area contributed by atoms with E-state index in [1.807, 2.05) is 4.90 Å². The van der Waals surface area contributed by atoms with E-state index >= 15 is 0 Å². The Morgan fingerprint density at radius 2 is 2.25 bits per heavy atom. The van der Waals surface area contributed by atoms with Crippen LogP contribution in [0, 0.1) is 0 Å². The second-order valence-corrected chi connectivity index (χ2v) is 3.95. The normalized spacial score (nSPS) is 16.4. The van der Waals surface area contributed by atoms with Crippen LogP contribution in [-0.4, -0.2) is 36.2 Å². The highest BCUT2D eigenvalue weighted by Crippen LogP contribution is 2.16. The molecule has 0 spiro atoms. The standard InChI is InChI=1S/C11H16N2O3/c1-15-8-10-9(7-12-16-10)11(14)13-5-3-2-4-6-13/h7H,2-6,8H2,1H3. The molecule has 5 nitrogen and oxygen atoms in total. The zero-order valence-electron chi connectivity index (χ0n) is 9.44. The number of likely N-dealkylation sites (tertiary alicyclic amines) is 1. The van der Waals surface area contributed by atoms with Crippen molar-refractivity contribution < 1.29 is 14.1 Å². The Morgan fingerprint density at radius 1 is 1.50 bits per heavy atom. The lowest BCUT2D eigenvalue weighted by Gasteiger charge is -2.26. The number of carbonyl (C=O) groups is 1. The lowest BCUT2D eigenvalue weighted by atomic mass is 10.1. The topological polar surface area (TPSA) is 55.6 Å². The molecule has 0 atom stereocenters. The lowest BCUT2D eigenvalue weighted by molar-refractivity contribution is 0.0715. The van der Waals surface area contributed by atoms with Gasteiger partial charge in [-0.25, -0.2) is 0 Å². The smallest absolute Gasteiger partial charge is 0.259 e. The molecule has 0 saturated carbocycles. The van der Waals surface area contributed by atoms with Crippen LogP contribution in [-0.2, 0) is 11.3 Å². The zero-order valence-corrected chi connectivity index (χ0v) is 9.44. The SMILES string of the molecule is COCc1oncc1C(=O)N1CCCCC1. The third-order valence-corrected chi connectivity index (χ3v) is 2.79. The van der Waals surface area contributed by atoms with E-state index in [0.29, 0.717) is 11.3 Å². The second-order valence-electron chi connectivity index (χ2n) is 3.95. The Hall–Kier alpha value is -1.36. The molecule has 1 amide bonds. The first kappa shape index (κ1) is 11.1. The molecule has 0 unspecified atom stereocenters. The van der Waals surface area contributed by atoms with E-state index in [-0.39, 0.29) is 12.5 Å². The largest absolute Gasteiger partial charge is 0.377 e. The number of hydrogen-bond acceptors (Lipinski definition) is 4. The first-order valence-corrected chi connectivity index (χ1v) is 5.54. The van der Waals surface area contributed by atoms with Crippen molar-refractivity contribution in [1.82, 2.24) is 10.1 Å². The molecule has 0 bridgehead atoms. The average molecular weight is 224 g/mol. The maximum absolute atomic E-state index is 12.1. The molecule has 0 aromatic carbocycles. The highest BCUT2D eigenvalue weighted by Gasteiger charge is 2.23. The molecule has 5 heteroatoms. The summed E-state index contributed by atoms with van der Waals surface area (Å²) in [7, 11) is 1.57. The highest BCUT2D eigenvalue weighted by molar-refractivity contribution is 5.94. The van der Waals surface area contributed by atoms with E-state index in [2.05, 4.69) is 5.16 Å². The maximum Gasteiger partial charge on any atom is 0.259 e. The number of amides is 1. The van der Waals surface area contributed by atoms with Gasteiger partial charge in [0.2, 0.25) is 0 Å². The molecule has 1 saturated heterocycles. The van der Waals surface area contributed by atoms with Crippen molar-refractivity contribution in [3.8, 4) is 0 Å². The molecule has 88 valence electrons. The van der Waals surface area contributed by atoms with Gasteiger partial charge in [-0.05, 0) is 19.3 Å². The van der Waals surface area contributed by atoms with Crippen LogP contribution < -0.4 is 0 Å². The predicted molar refractivity (Wildman–Crippen MR) is 57.0 cm³/mol. The van der Waals surface area contributed by atoms with Crippen molar-refractivity contribution in [2.75, 3.05) is 20.2 Å². The first-order chi connectivity index (χ1) is 7.83. The zero-order chi connectivity index (χ0) is 11.4. The minimum Gasteiger partial charge on any atom is -0.377 e. The summed E-state index contributed by atoms with van der Waals surface area (Å²) in [4.78, 5) is 14.0. The number of methoxy groups -OCH3 is 1. The highest BCUT2D eigenvalue weighted by atomic mass is 16.5. The summed E-state index contributed by atoms with van der Waals surface area (Å²) in [5.41, 5.74) is 0.531. The van der Waals surface area contributed by atoms with Crippen LogP contribution in [0.15, 0.2) is 10.7 Å². The summed E-state index contributed by atoms with van der Waals surface area (Å²) in [6, 6.07) is 0. The molecule has 0 N–H and O–H groups in total. The maximum atomic E-state index is 12.1. The number of ether oxygens (including phenoxy) is 1. The van der Waals surface area contributed by atoms with Gasteiger partial charge in [0.15, 0.2) is 5.76 Å². The van der Waals surface area contributed by atoms with Gasteiger partial charge < -0.3 is 14.2 Å². The quantitative estimate of drug-likeness (QED) is 0.779. The van der Waals surface area contributed by atoms with Crippen LogP contribution in [0.25, 0.3) is 0 Å². The van der Waals surface area contributed by atoms with E-state index < -0.39 is 0 Å². The van der Waals surface area contributed by atoms with Gasteiger partial charge in [-0.2, -0.15) is 0 Å². The molecule has 1 aliphatic heterocycles. The Kier molecular flexibility index (Phi) is 3.56. The summed E-state index contributed by atoms with van der Waals surface area (Å²) in [5.74, 6) is 0.520. The van der Waals surface area contributed by atoms with Crippen molar-refractivity contribution >= 4 is 5.91 Å². The molecule has 1 aromatic rings. The monoisotopic (exact) mass is 224 g/mol. The van der Waals surface area contributed by atoms with Crippen molar-refractivity contribution in [3.05, 3.63) is 17.5 Å². The molecule has 2 rings (SSSR count). The molecular weight excluding hydrogens is 208 g/mol. The number of rotatable bonds is 3.